The number of methoxy groups -OCH3 is 2. The Morgan fingerprint density at radius 3 is 2.58 bits per heavy atom. The Kier molecular flexibility index (Phi) is 17.5. The third-order valence-electron chi connectivity index (χ3n) is 12.5. The van der Waals surface area contributed by atoms with Crippen molar-refractivity contribution in [1.29, 1.82) is 0 Å². The number of Topliss-reactive ketones (excluding diaryl/α,β-unsaturated/α-hetero) is 2. The average Bonchev–Trinajstić information content (AvgIpc) is 3.71. The van der Waals surface area contributed by atoms with E-state index in [0.717, 1.165) is 30.6 Å². The lowest BCUT2D eigenvalue weighted by molar-refractivity contribution is -0.326. The van der Waals surface area contributed by atoms with Crippen LogP contribution >= 0.6 is 23.5 Å². The molecule has 0 spiro atoms. The number of aromatic nitrogens is 2. The molecular weight excluding hydrogens is 961 g/mol. The van der Waals surface area contributed by atoms with E-state index in [1.54, 1.807) is 50.6 Å². The minimum Gasteiger partial charge on any atom is -0.482 e. The maximum absolute atomic E-state index is 15.5. The van der Waals surface area contributed by atoms with Crippen LogP contribution in [-0.2, 0) is 42.8 Å². The molecule has 6 N–H and O–H groups in total. The Labute approximate surface area is 418 Å². The second-order valence-electron chi connectivity index (χ2n) is 17.3. The van der Waals surface area contributed by atoms with Gasteiger partial charge in [0.05, 0.1) is 55.2 Å². The van der Waals surface area contributed by atoms with Crippen LogP contribution in [0.25, 0.3) is 21.8 Å². The number of hydrogen-bond donors (Lipinski definition) is 6. The number of carbonyl (C=O) groups excluding carboxylic acids is 4. The first-order valence-corrected chi connectivity index (χ1v) is 24.9. The summed E-state index contributed by atoms with van der Waals surface area (Å²) in [5.74, 6) is 8.50. The van der Waals surface area contributed by atoms with Crippen LogP contribution in [0, 0.1) is 29.6 Å². The van der Waals surface area contributed by atoms with E-state index in [2.05, 4.69) is 44.3 Å². The van der Waals surface area contributed by atoms with E-state index in [9.17, 15) is 34.5 Å². The number of nitrogens with zero attached hydrogens (tertiary/aromatic N) is 1. The summed E-state index contributed by atoms with van der Waals surface area (Å²) in [6, 6.07) is 6.53. The first kappa shape index (κ1) is 53.2. The maximum Gasteiger partial charge on any atom is 0.411 e. The van der Waals surface area contributed by atoms with Crippen LogP contribution in [-0.4, -0.2) is 160 Å². The molecule has 3 aromatic rings. The van der Waals surface area contributed by atoms with Gasteiger partial charge in [0, 0.05) is 66.7 Å². The number of aliphatic hydroxyl groups is 2. The molecule has 1 amide bonds. The zero-order valence-corrected chi connectivity index (χ0v) is 41.6. The summed E-state index contributed by atoms with van der Waals surface area (Å²) in [5.41, 5.74) is 0.850. The van der Waals surface area contributed by atoms with Gasteiger partial charge >= 0.3 is 12.1 Å². The molecule has 2 aromatic heterocycles. The number of carbonyl (C=O) groups is 5. The molecule has 2 fully saturated rings. The lowest BCUT2D eigenvalue weighted by Gasteiger charge is -2.51. The monoisotopic (exact) mass is 1020 g/mol. The van der Waals surface area contributed by atoms with Crippen LogP contribution in [0.2, 0.25) is 0 Å². The van der Waals surface area contributed by atoms with Crippen molar-refractivity contribution in [3.8, 4) is 29.4 Å². The summed E-state index contributed by atoms with van der Waals surface area (Å²) < 4.78 is 41.0. The number of carboxylic acid groups (broad SMARTS) is 1. The first-order chi connectivity index (χ1) is 34.0. The zero-order chi connectivity index (χ0) is 51.1. The number of fused-ring (bicyclic) bond motifs is 4. The number of H-pyrrole nitrogens is 1. The number of aliphatic hydroxyl groups excluding tert-OH is 2. The number of hydrogen-bond acceptors (Lipinski definition) is 18. The molecule has 11 atom stereocenters. The Morgan fingerprint density at radius 1 is 1.10 bits per heavy atom. The topological polar surface area (TPSA) is 263 Å². The number of benzene rings is 1. The van der Waals surface area contributed by atoms with Gasteiger partial charge in [-0.15, -0.1) is 11.8 Å². The molecule has 4 heterocycles. The van der Waals surface area contributed by atoms with Gasteiger partial charge in [0.25, 0.3) is 0 Å². The molecule has 9 unspecified atom stereocenters. The van der Waals surface area contributed by atoms with Crippen LogP contribution in [0.15, 0.2) is 65.5 Å². The minimum atomic E-state index is -1.85. The van der Waals surface area contributed by atoms with Crippen LogP contribution in [0.4, 0.5) is 4.79 Å². The normalized spacial score (nSPS) is 29.7. The number of ketones is 2. The number of rotatable bonds is 16. The molecule has 1 aromatic carbocycles. The number of alkyl carbamates (subject to hydrolysis) is 1. The molecule has 7 rings (SSSR count). The predicted molar refractivity (Wildman–Crippen MR) is 262 cm³/mol. The Hall–Kier alpha value is -5.56. The van der Waals surface area contributed by atoms with Gasteiger partial charge in [-0.25, -0.2) is 9.59 Å². The fourth-order valence-corrected chi connectivity index (χ4v) is 10.8. The predicted octanol–water partition coefficient (Wildman–Crippen LogP) is 3.81. The van der Waals surface area contributed by atoms with Crippen molar-refractivity contribution < 1.29 is 72.5 Å². The Balaban J connectivity index is 1.34. The lowest BCUT2D eigenvalue weighted by Crippen LogP contribution is -2.69. The number of pyridine rings is 1. The van der Waals surface area contributed by atoms with Gasteiger partial charge in [0.15, 0.2) is 30.1 Å². The SMILES string of the molecule is COC(=O)NC1=C2C#C/C=C\C#C[C@H](OC3OC(C)C(SC)(C(=O)c4nccc5c4[nH]c4ccc(OCC(=O)O)cc45)C(O)C3OC3CC(OC)C(NC(C)C)CO3)C2/C(=C\CSC(C)=O)[C@@H](O)CC1=O. The number of aromatic amines is 1. The highest BCUT2D eigenvalue weighted by molar-refractivity contribution is 8.13. The average molecular weight is 1020 g/mol. The second kappa shape index (κ2) is 23.3. The van der Waals surface area contributed by atoms with Crippen LogP contribution < -0.4 is 15.4 Å². The van der Waals surface area contributed by atoms with E-state index in [4.69, 9.17) is 33.2 Å². The standard InChI is InChI=1S/C50H56N4O15S2/c1-25(2)52-34-23-66-40(22-38(34)63-5)69-45-47(61)50(70-7,46(60)44-43-29(16-18-51-44)32-20-28(65-24-39(58)59)14-15-33(32)53-43)26(3)67-48(45)68-37-13-11-9-8-10-12-31-41(37)30(17-19-71-27(4)55)35(56)21-36(57)42(31)54-49(62)64-6/h8-9,14-18,20,25-26,34-35,37-38,40-41,45,47-48,52-53,56,61H,19,21-24H2,1-7H3,(H,54,62)(H,58,59)/b9-8-,30-17-/t26?,34?,35-,37-,38?,40?,41?,45?,47?,48?,50?/m0/s1. The number of nitrogens with one attached hydrogen (secondary N) is 3. The van der Waals surface area contributed by atoms with E-state index < -0.39 is 96.5 Å². The van der Waals surface area contributed by atoms with Gasteiger partial charge in [-0.2, -0.15) is 0 Å². The first-order valence-electron chi connectivity index (χ1n) is 22.7. The highest BCUT2D eigenvalue weighted by Gasteiger charge is 2.61. The summed E-state index contributed by atoms with van der Waals surface area (Å²) in [5, 5.41) is 41.0. The summed E-state index contributed by atoms with van der Waals surface area (Å²) in [6.07, 6.45) is -4.03. The molecule has 2 aliphatic heterocycles. The van der Waals surface area contributed by atoms with Gasteiger partial charge in [0.2, 0.25) is 5.78 Å². The van der Waals surface area contributed by atoms with Gasteiger partial charge in [-0.05, 0) is 55.2 Å². The molecule has 2 aliphatic carbocycles. The molecule has 0 radical (unpaired) electrons. The largest absolute Gasteiger partial charge is 0.482 e. The van der Waals surface area contributed by atoms with Crippen molar-refractivity contribution >= 4 is 74.1 Å². The van der Waals surface area contributed by atoms with Crippen molar-refractivity contribution in [1.82, 2.24) is 20.6 Å². The third-order valence-corrected chi connectivity index (χ3v) is 14.7. The number of allylic oxidation sites excluding steroid dienone is 3. The molecule has 21 heteroatoms. The van der Waals surface area contributed by atoms with Crippen LogP contribution in [0.1, 0.15) is 51.0 Å². The Morgan fingerprint density at radius 2 is 1.87 bits per heavy atom. The maximum atomic E-state index is 15.5. The second-order valence-corrected chi connectivity index (χ2v) is 19.6. The number of thioether (sulfide) groups is 2. The van der Waals surface area contributed by atoms with Gasteiger partial charge < -0.3 is 58.8 Å². The van der Waals surface area contributed by atoms with E-state index in [0.29, 0.717) is 27.6 Å². The molecule has 19 nitrogen and oxygen atoms in total. The number of amides is 1. The fraction of sp³-hybridized carbons (Fsp3) is 0.480. The third kappa shape index (κ3) is 11.6. The molecular formula is C50H56N4O15S2. The van der Waals surface area contributed by atoms with Crippen molar-refractivity contribution in [2.45, 2.75) is 107 Å². The van der Waals surface area contributed by atoms with Crippen molar-refractivity contribution in [3.63, 3.8) is 0 Å². The molecule has 4 aliphatic rings. The molecule has 0 saturated carbocycles. The van der Waals surface area contributed by atoms with Gasteiger partial charge in [-0.3, -0.25) is 24.7 Å². The lowest BCUT2D eigenvalue weighted by atomic mass is 9.82. The highest BCUT2D eigenvalue weighted by Crippen LogP contribution is 2.46. The minimum absolute atomic E-state index is 0.0118. The Bertz CT molecular complexity index is 2770. The number of aliphatic carboxylic acids is 1. The summed E-state index contributed by atoms with van der Waals surface area (Å²) in [7, 11) is 2.69. The van der Waals surface area contributed by atoms with E-state index in [-0.39, 0.29) is 58.5 Å². The molecule has 378 valence electrons. The number of ether oxygens (including phenoxy) is 7. The molecule has 0 bridgehead atoms. The van der Waals surface area contributed by atoms with Crippen molar-refractivity contribution in [2.24, 2.45) is 5.92 Å². The van der Waals surface area contributed by atoms with Crippen LogP contribution in [0.3, 0.4) is 0 Å². The van der Waals surface area contributed by atoms with Gasteiger partial charge in [-0.1, -0.05) is 55.4 Å². The summed E-state index contributed by atoms with van der Waals surface area (Å²) >= 11 is 1.98. The smallest absolute Gasteiger partial charge is 0.411 e. The zero-order valence-electron chi connectivity index (χ0n) is 40.0. The van der Waals surface area contributed by atoms with E-state index in [1.165, 1.54) is 25.3 Å². The molecule has 71 heavy (non-hydrogen) atoms. The summed E-state index contributed by atoms with van der Waals surface area (Å²) in [4.78, 5) is 73.4. The molecule has 2 saturated heterocycles. The summed E-state index contributed by atoms with van der Waals surface area (Å²) in [6.45, 7) is 6.58. The highest BCUT2D eigenvalue weighted by atomic mass is 32.2. The number of carboxylic acids is 1. The van der Waals surface area contributed by atoms with Gasteiger partial charge in [0.1, 0.15) is 34.5 Å². The van der Waals surface area contributed by atoms with E-state index >= 15 is 4.79 Å². The van der Waals surface area contributed by atoms with E-state index in [1.807, 2.05) is 13.8 Å². The van der Waals surface area contributed by atoms with Crippen molar-refractivity contribution in [2.75, 3.05) is 39.4 Å². The fourth-order valence-electron chi connectivity index (χ4n) is 9.23. The van der Waals surface area contributed by atoms with Crippen molar-refractivity contribution in [3.05, 3.63) is 71.2 Å². The van der Waals surface area contributed by atoms with Crippen LogP contribution in [0.5, 0.6) is 5.75 Å². The quantitative estimate of drug-likeness (QED) is 0.0677.